The molecule has 2 fully saturated rings. The first kappa shape index (κ1) is 18.1. The number of amides is 1. The van der Waals surface area contributed by atoms with Gasteiger partial charge in [-0.05, 0) is 18.9 Å². The fraction of sp³-hybridized carbons (Fsp3) is 0.562. The molecule has 1 amide bonds. The van der Waals surface area contributed by atoms with Crippen molar-refractivity contribution in [1.82, 2.24) is 4.90 Å². The lowest BCUT2D eigenvalue weighted by Gasteiger charge is -2.34. The zero-order valence-corrected chi connectivity index (χ0v) is 13.6. The first-order chi connectivity index (χ1) is 10.7. The van der Waals surface area contributed by atoms with Gasteiger partial charge >= 0.3 is 0 Å². The molecule has 7 heteroatoms. The summed E-state index contributed by atoms with van der Waals surface area (Å²) in [7, 11) is 0. The molecule has 23 heavy (non-hydrogen) atoms. The van der Waals surface area contributed by atoms with Crippen molar-refractivity contribution >= 4 is 18.3 Å². The summed E-state index contributed by atoms with van der Waals surface area (Å²) in [5, 5.41) is 0. The molecule has 1 aromatic carbocycles. The molecule has 3 atom stereocenters. The highest BCUT2D eigenvalue weighted by molar-refractivity contribution is 5.85. The third kappa shape index (κ3) is 4.01. The van der Waals surface area contributed by atoms with Crippen molar-refractivity contribution in [2.24, 2.45) is 5.73 Å². The number of ether oxygens (including phenoxy) is 2. The quantitative estimate of drug-likeness (QED) is 0.905. The minimum atomic E-state index is -0.425. The molecule has 3 rings (SSSR count). The molecule has 5 nitrogen and oxygen atoms in total. The van der Waals surface area contributed by atoms with Gasteiger partial charge in [0.1, 0.15) is 18.0 Å². The van der Waals surface area contributed by atoms with Crippen LogP contribution in [0.3, 0.4) is 0 Å². The van der Waals surface area contributed by atoms with Crippen LogP contribution in [0.1, 0.15) is 24.5 Å². The first-order valence-electron chi connectivity index (χ1n) is 7.69. The summed E-state index contributed by atoms with van der Waals surface area (Å²) >= 11 is 0. The molecule has 0 radical (unpaired) electrons. The Morgan fingerprint density at radius 3 is 2.83 bits per heavy atom. The topological polar surface area (TPSA) is 64.8 Å². The smallest absolute Gasteiger partial charge is 0.251 e. The highest BCUT2D eigenvalue weighted by Crippen LogP contribution is 2.27. The van der Waals surface area contributed by atoms with Crippen LogP contribution in [-0.2, 0) is 14.3 Å². The second kappa shape index (κ2) is 8.06. The van der Waals surface area contributed by atoms with E-state index in [4.69, 9.17) is 15.2 Å². The van der Waals surface area contributed by atoms with Crippen LogP contribution in [0.15, 0.2) is 24.3 Å². The van der Waals surface area contributed by atoms with E-state index in [0.29, 0.717) is 38.2 Å². The summed E-state index contributed by atoms with van der Waals surface area (Å²) in [5.41, 5.74) is 6.07. The lowest BCUT2D eigenvalue weighted by Crippen LogP contribution is -2.47. The molecule has 128 valence electrons. The summed E-state index contributed by atoms with van der Waals surface area (Å²) in [4.78, 5) is 14.2. The van der Waals surface area contributed by atoms with E-state index in [-0.39, 0.29) is 30.2 Å². The Bertz CT molecular complexity index is 546. The standard InChI is InChI=1S/C16H21FN2O3.ClH/c17-13-4-2-1-3-12(13)15-10-19(7-8-21-15)16(20)14-6-5-11(9-18)22-14;/h1-4,11,14-15H,5-10,18H2;1H/t11-,14+,15?;/m1./s1. The van der Waals surface area contributed by atoms with E-state index in [0.717, 1.165) is 6.42 Å². The predicted octanol–water partition coefficient (Wildman–Crippen LogP) is 1.65. The van der Waals surface area contributed by atoms with Crippen LogP contribution in [0.4, 0.5) is 4.39 Å². The maximum absolute atomic E-state index is 13.9. The molecular formula is C16H22ClFN2O3. The minimum Gasteiger partial charge on any atom is -0.370 e. The second-order valence-electron chi connectivity index (χ2n) is 5.72. The number of rotatable bonds is 3. The number of halogens is 2. The van der Waals surface area contributed by atoms with Gasteiger partial charge in [0.05, 0.1) is 19.3 Å². The molecule has 2 N–H and O–H groups in total. The van der Waals surface area contributed by atoms with Crippen molar-refractivity contribution in [3.63, 3.8) is 0 Å². The highest BCUT2D eigenvalue weighted by atomic mass is 35.5. The highest BCUT2D eigenvalue weighted by Gasteiger charge is 2.35. The third-order valence-electron chi connectivity index (χ3n) is 4.28. The van der Waals surface area contributed by atoms with Crippen molar-refractivity contribution in [3.8, 4) is 0 Å². The van der Waals surface area contributed by atoms with Crippen molar-refractivity contribution in [3.05, 3.63) is 35.6 Å². The van der Waals surface area contributed by atoms with Gasteiger partial charge in [-0.1, -0.05) is 18.2 Å². The molecule has 0 aliphatic carbocycles. The molecule has 0 bridgehead atoms. The largest absolute Gasteiger partial charge is 0.370 e. The summed E-state index contributed by atoms with van der Waals surface area (Å²) in [6.07, 6.45) is 0.632. The Morgan fingerprint density at radius 2 is 2.13 bits per heavy atom. The van der Waals surface area contributed by atoms with Crippen molar-refractivity contribution in [2.75, 3.05) is 26.2 Å². The van der Waals surface area contributed by atoms with Gasteiger partial charge < -0.3 is 20.1 Å². The Morgan fingerprint density at radius 1 is 1.35 bits per heavy atom. The summed E-state index contributed by atoms with van der Waals surface area (Å²) < 4.78 is 25.2. The van der Waals surface area contributed by atoms with Gasteiger partial charge in [0, 0.05) is 18.7 Å². The van der Waals surface area contributed by atoms with E-state index in [1.165, 1.54) is 6.07 Å². The molecule has 0 spiro atoms. The van der Waals surface area contributed by atoms with Gasteiger partial charge in [0.15, 0.2) is 0 Å². The summed E-state index contributed by atoms with van der Waals surface area (Å²) in [6.45, 7) is 1.70. The van der Waals surface area contributed by atoms with Crippen LogP contribution in [0.25, 0.3) is 0 Å². The van der Waals surface area contributed by atoms with Gasteiger partial charge in [-0.2, -0.15) is 0 Å². The normalized spacial score (nSPS) is 27.6. The molecule has 2 heterocycles. The van der Waals surface area contributed by atoms with Crippen molar-refractivity contribution in [1.29, 1.82) is 0 Å². The molecule has 1 unspecified atom stereocenters. The second-order valence-corrected chi connectivity index (χ2v) is 5.72. The van der Waals surface area contributed by atoms with E-state index >= 15 is 0 Å². The van der Waals surface area contributed by atoms with Crippen LogP contribution in [0, 0.1) is 5.82 Å². The number of hydrogen-bond acceptors (Lipinski definition) is 4. The van der Waals surface area contributed by atoms with Crippen LogP contribution in [0.5, 0.6) is 0 Å². The SMILES string of the molecule is Cl.NC[C@H]1CC[C@@H](C(=O)N2CCOC(c3ccccc3F)C2)O1. The summed E-state index contributed by atoms with van der Waals surface area (Å²) in [5.74, 6) is -0.345. The minimum absolute atomic E-state index is 0. The van der Waals surface area contributed by atoms with E-state index in [1.807, 2.05) is 0 Å². The lowest BCUT2D eigenvalue weighted by molar-refractivity contribution is -0.150. The monoisotopic (exact) mass is 344 g/mol. The third-order valence-corrected chi connectivity index (χ3v) is 4.28. The Labute approximate surface area is 141 Å². The van der Waals surface area contributed by atoms with E-state index in [1.54, 1.807) is 23.1 Å². The molecule has 1 aromatic rings. The molecule has 2 aliphatic rings. The van der Waals surface area contributed by atoms with E-state index in [9.17, 15) is 9.18 Å². The van der Waals surface area contributed by atoms with Gasteiger partial charge in [0.2, 0.25) is 0 Å². The number of nitrogens with zero attached hydrogens (tertiary/aromatic N) is 1. The van der Waals surface area contributed by atoms with E-state index < -0.39 is 12.2 Å². The molecule has 2 saturated heterocycles. The number of carbonyl (C=O) groups excluding carboxylic acids is 1. The zero-order valence-electron chi connectivity index (χ0n) is 12.8. The number of hydrogen-bond donors (Lipinski definition) is 1. The Hall–Kier alpha value is -1.21. The molecule has 0 saturated carbocycles. The van der Waals surface area contributed by atoms with Crippen LogP contribution < -0.4 is 5.73 Å². The Kier molecular flexibility index (Phi) is 6.35. The van der Waals surface area contributed by atoms with Crippen LogP contribution >= 0.6 is 12.4 Å². The van der Waals surface area contributed by atoms with Gasteiger partial charge in [0.25, 0.3) is 5.91 Å². The van der Waals surface area contributed by atoms with Crippen LogP contribution in [-0.4, -0.2) is 49.3 Å². The number of benzene rings is 1. The van der Waals surface area contributed by atoms with Gasteiger partial charge in [-0.15, -0.1) is 12.4 Å². The van der Waals surface area contributed by atoms with Gasteiger partial charge in [-0.25, -0.2) is 4.39 Å². The molecular weight excluding hydrogens is 323 g/mol. The first-order valence-corrected chi connectivity index (χ1v) is 7.69. The Balaban J connectivity index is 0.00000192. The number of carbonyl (C=O) groups is 1. The average molecular weight is 345 g/mol. The van der Waals surface area contributed by atoms with E-state index in [2.05, 4.69) is 0 Å². The average Bonchev–Trinajstić information content (AvgIpc) is 3.04. The maximum Gasteiger partial charge on any atom is 0.251 e. The number of nitrogens with two attached hydrogens (primary N) is 1. The van der Waals surface area contributed by atoms with Crippen molar-refractivity contribution < 1.29 is 18.7 Å². The fourth-order valence-corrected chi connectivity index (χ4v) is 3.04. The lowest BCUT2D eigenvalue weighted by atomic mass is 10.1. The number of morpholine rings is 1. The molecule has 0 aromatic heterocycles. The zero-order chi connectivity index (χ0) is 15.5. The van der Waals surface area contributed by atoms with Crippen molar-refractivity contribution in [2.45, 2.75) is 31.2 Å². The maximum atomic E-state index is 13.9. The van der Waals surface area contributed by atoms with Gasteiger partial charge in [-0.3, -0.25) is 4.79 Å². The fourth-order valence-electron chi connectivity index (χ4n) is 3.04. The molecule has 2 aliphatic heterocycles. The predicted molar refractivity (Wildman–Crippen MR) is 85.9 cm³/mol. The summed E-state index contributed by atoms with van der Waals surface area (Å²) in [6, 6.07) is 6.52. The van der Waals surface area contributed by atoms with Crippen LogP contribution in [0.2, 0.25) is 0 Å².